The summed E-state index contributed by atoms with van der Waals surface area (Å²) in [7, 11) is 5.17. The van der Waals surface area contributed by atoms with Crippen LogP contribution in [-0.2, 0) is 11.3 Å². The van der Waals surface area contributed by atoms with Crippen LogP contribution in [0.4, 0.5) is 0 Å². The van der Waals surface area contributed by atoms with Crippen molar-refractivity contribution >= 4 is 29.9 Å². The molecule has 0 spiro atoms. The van der Waals surface area contributed by atoms with Crippen LogP contribution >= 0.6 is 24.0 Å². The van der Waals surface area contributed by atoms with E-state index in [4.69, 9.17) is 9.47 Å². The molecule has 6 nitrogen and oxygen atoms in total. The van der Waals surface area contributed by atoms with Crippen molar-refractivity contribution in [2.75, 3.05) is 27.8 Å². The number of guanidine groups is 1. The van der Waals surface area contributed by atoms with Gasteiger partial charge in [0.25, 0.3) is 0 Å². The zero-order chi connectivity index (χ0) is 18.3. The third kappa shape index (κ3) is 6.97. The number of methoxy groups -OCH3 is 2. The van der Waals surface area contributed by atoms with Crippen molar-refractivity contribution in [3.05, 3.63) is 23.0 Å². The van der Waals surface area contributed by atoms with E-state index in [1.807, 2.05) is 20.0 Å². The van der Waals surface area contributed by atoms with Crippen molar-refractivity contribution < 1.29 is 9.47 Å². The first-order valence-corrected chi connectivity index (χ1v) is 8.21. The fourth-order valence-corrected chi connectivity index (χ4v) is 2.57. The maximum absolute atomic E-state index is 5.56. The highest BCUT2D eigenvalue weighted by Gasteiger charge is 2.24. The van der Waals surface area contributed by atoms with Crippen LogP contribution in [0.1, 0.15) is 37.6 Å². The van der Waals surface area contributed by atoms with E-state index in [1.165, 1.54) is 0 Å². The molecule has 0 fully saturated rings. The Morgan fingerprint density at radius 1 is 1.24 bits per heavy atom. The summed E-state index contributed by atoms with van der Waals surface area (Å²) in [6.45, 7) is 11.7. The number of aryl methyl sites for hydroxylation is 1. The number of rotatable bonds is 6. The lowest BCUT2D eigenvalue weighted by molar-refractivity contribution is 0.0205. The Labute approximate surface area is 169 Å². The minimum atomic E-state index is 0. The van der Waals surface area contributed by atoms with E-state index in [9.17, 15) is 0 Å². The Balaban J connectivity index is 0.00000576. The first-order chi connectivity index (χ1) is 11.2. The lowest BCUT2D eigenvalue weighted by atomic mass is 9.89. The Morgan fingerprint density at radius 2 is 1.88 bits per heavy atom. The topological polar surface area (TPSA) is 67.8 Å². The minimum absolute atomic E-state index is 0. The normalized spacial score (nSPS) is 13.0. The molecule has 0 radical (unpaired) electrons. The highest BCUT2D eigenvalue weighted by molar-refractivity contribution is 14.0. The number of nitrogens with zero attached hydrogens (tertiary/aromatic N) is 2. The number of hydrogen-bond acceptors (Lipinski definition) is 4. The van der Waals surface area contributed by atoms with Gasteiger partial charge in [-0.25, -0.2) is 0 Å². The number of pyridine rings is 1. The van der Waals surface area contributed by atoms with Gasteiger partial charge in [-0.15, -0.1) is 24.0 Å². The van der Waals surface area contributed by atoms with E-state index in [0.29, 0.717) is 13.1 Å². The predicted molar refractivity (Wildman–Crippen MR) is 114 cm³/mol. The van der Waals surface area contributed by atoms with E-state index >= 15 is 0 Å². The zero-order valence-electron chi connectivity index (χ0n) is 16.7. The molecule has 1 heterocycles. The molecule has 144 valence electrons. The molecule has 7 heteroatoms. The molecule has 1 aromatic rings. The average molecular weight is 464 g/mol. The molecule has 0 aromatic carbocycles. The van der Waals surface area contributed by atoms with Gasteiger partial charge in [-0.05, 0) is 19.3 Å². The molecular formula is C18H33IN4O2. The van der Waals surface area contributed by atoms with Crippen LogP contribution in [0.3, 0.4) is 0 Å². The van der Waals surface area contributed by atoms with Crippen molar-refractivity contribution in [2.45, 2.75) is 47.3 Å². The second-order valence-corrected chi connectivity index (χ2v) is 6.94. The highest BCUT2D eigenvalue weighted by Crippen LogP contribution is 2.24. The van der Waals surface area contributed by atoms with E-state index < -0.39 is 0 Å². The zero-order valence-corrected chi connectivity index (χ0v) is 19.0. The Morgan fingerprint density at radius 3 is 2.36 bits per heavy atom. The molecule has 25 heavy (non-hydrogen) atoms. The summed E-state index contributed by atoms with van der Waals surface area (Å²) in [5.74, 6) is 1.61. The van der Waals surface area contributed by atoms with Gasteiger partial charge in [-0.3, -0.25) is 9.98 Å². The van der Waals surface area contributed by atoms with Crippen LogP contribution in [0.15, 0.2) is 11.2 Å². The first-order valence-electron chi connectivity index (χ1n) is 8.21. The van der Waals surface area contributed by atoms with E-state index in [0.717, 1.165) is 28.5 Å². The molecule has 2 N–H and O–H groups in total. The van der Waals surface area contributed by atoms with E-state index in [1.54, 1.807) is 21.3 Å². The third-order valence-electron chi connectivity index (χ3n) is 4.10. The molecule has 0 bridgehead atoms. The van der Waals surface area contributed by atoms with Crippen LogP contribution in [0.2, 0.25) is 0 Å². The van der Waals surface area contributed by atoms with E-state index in [2.05, 4.69) is 41.4 Å². The number of aromatic nitrogens is 1. The Kier molecular flexibility index (Phi) is 10.3. The van der Waals surface area contributed by atoms with Crippen LogP contribution in [0, 0.1) is 19.3 Å². The third-order valence-corrected chi connectivity index (χ3v) is 4.10. The van der Waals surface area contributed by atoms with Gasteiger partial charge < -0.3 is 20.1 Å². The predicted octanol–water partition coefficient (Wildman–Crippen LogP) is 3.05. The summed E-state index contributed by atoms with van der Waals surface area (Å²) in [4.78, 5) is 8.75. The molecule has 0 aliphatic rings. The van der Waals surface area contributed by atoms with Crippen molar-refractivity contribution in [3.63, 3.8) is 0 Å². The summed E-state index contributed by atoms with van der Waals surface area (Å²) in [5.41, 5.74) is 3.09. The molecule has 0 aliphatic carbocycles. The van der Waals surface area contributed by atoms with Gasteiger partial charge in [0, 0.05) is 38.0 Å². The fourth-order valence-electron chi connectivity index (χ4n) is 2.57. The van der Waals surface area contributed by atoms with Gasteiger partial charge >= 0.3 is 0 Å². The number of halogens is 1. The summed E-state index contributed by atoms with van der Waals surface area (Å²) < 4.78 is 11.0. The summed E-state index contributed by atoms with van der Waals surface area (Å²) in [6.07, 6.45) is 1.93. The van der Waals surface area contributed by atoms with Crippen LogP contribution in [-0.4, -0.2) is 44.9 Å². The van der Waals surface area contributed by atoms with Crippen molar-refractivity contribution in [1.82, 2.24) is 15.6 Å². The minimum Gasteiger partial charge on any atom is -0.496 e. The van der Waals surface area contributed by atoms with Gasteiger partial charge in [0.1, 0.15) is 5.75 Å². The number of ether oxygens (including phenoxy) is 2. The molecule has 0 saturated heterocycles. The maximum Gasteiger partial charge on any atom is 0.191 e. The quantitative estimate of drug-likeness (QED) is 0.385. The van der Waals surface area contributed by atoms with Crippen LogP contribution in [0.25, 0.3) is 0 Å². The van der Waals surface area contributed by atoms with Crippen molar-refractivity contribution in [1.29, 1.82) is 0 Å². The molecule has 0 aliphatic heterocycles. The van der Waals surface area contributed by atoms with E-state index in [-0.39, 0.29) is 35.5 Å². The van der Waals surface area contributed by atoms with Gasteiger partial charge in [-0.1, -0.05) is 20.8 Å². The highest BCUT2D eigenvalue weighted by atomic mass is 127. The number of hydrogen-bond donors (Lipinski definition) is 2. The second-order valence-electron chi connectivity index (χ2n) is 6.94. The Hall–Kier alpha value is -1.09. The van der Waals surface area contributed by atoms with Crippen molar-refractivity contribution in [3.8, 4) is 5.75 Å². The summed E-state index contributed by atoms with van der Waals surface area (Å²) in [5, 5.41) is 6.61. The van der Waals surface area contributed by atoms with Gasteiger partial charge in [-0.2, -0.15) is 0 Å². The monoisotopic (exact) mass is 464 g/mol. The largest absolute Gasteiger partial charge is 0.496 e. The average Bonchev–Trinajstić information content (AvgIpc) is 2.51. The second kappa shape index (κ2) is 10.8. The summed E-state index contributed by atoms with van der Waals surface area (Å²) in [6, 6.07) is 0. The van der Waals surface area contributed by atoms with Gasteiger partial charge in [0.15, 0.2) is 5.96 Å². The van der Waals surface area contributed by atoms with Crippen molar-refractivity contribution in [2.24, 2.45) is 10.4 Å². The fraction of sp³-hybridized carbons (Fsp3) is 0.667. The SMILES string of the molecule is CN=C(NCc1ncc(C)c(OC)c1C)NCC(OC)C(C)(C)C.I. The van der Waals surface area contributed by atoms with Gasteiger partial charge in [0.05, 0.1) is 25.5 Å². The summed E-state index contributed by atoms with van der Waals surface area (Å²) >= 11 is 0. The standard InChI is InChI=1S/C18H32N4O2.HI/c1-12-9-20-14(13(2)16(12)24-8)10-21-17(19-6)22-11-15(23-7)18(3,4)5;/h9,15H,10-11H2,1-8H3,(H2,19,21,22);1H. The number of nitrogens with one attached hydrogen (secondary N) is 2. The molecule has 1 unspecified atom stereocenters. The molecule has 0 amide bonds. The lowest BCUT2D eigenvalue weighted by Gasteiger charge is -2.30. The molecule has 1 atom stereocenters. The van der Waals surface area contributed by atoms with Crippen LogP contribution in [0.5, 0.6) is 5.75 Å². The lowest BCUT2D eigenvalue weighted by Crippen LogP contribution is -2.45. The van der Waals surface area contributed by atoms with Gasteiger partial charge in [0.2, 0.25) is 0 Å². The number of aliphatic imine (C=N–C) groups is 1. The smallest absolute Gasteiger partial charge is 0.191 e. The molecule has 1 aromatic heterocycles. The molecular weight excluding hydrogens is 431 g/mol. The molecule has 1 rings (SSSR count). The maximum atomic E-state index is 5.56. The molecule has 0 saturated carbocycles. The van der Waals surface area contributed by atoms with Crippen LogP contribution < -0.4 is 15.4 Å². The first kappa shape index (κ1) is 23.9. The Bertz CT molecular complexity index is 571.